The number of fused-ring (bicyclic) bond motifs is 3. The van der Waals surface area contributed by atoms with E-state index in [0.29, 0.717) is 0 Å². The van der Waals surface area contributed by atoms with E-state index in [1.54, 1.807) is 0 Å². The summed E-state index contributed by atoms with van der Waals surface area (Å²) < 4.78 is 2.27. The van der Waals surface area contributed by atoms with Crippen LogP contribution >= 0.6 is 0 Å². The molecule has 8 aromatic rings. The van der Waals surface area contributed by atoms with Gasteiger partial charge >= 0.3 is 315 Å². The summed E-state index contributed by atoms with van der Waals surface area (Å²) >= 11 is 0. The van der Waals surface area contributed by atoms with Crippen molar-refractivity contribution in [1.82, 2.24) is 9.55 Å². The molecule has 0 atom stereocenters. The Kier molecular flexibility index (Phi) is 8.89. The van der Waals surface area contributed by atoms with Crippen molar-refractivity contribution >= 4 is 122 Å². The van der Waals surface area contributed by atoms with Crippen molar-refractivity contribution in [2.75, 3.05) is 0 Å². The van der Waals surface area contributed by atoms with E-state index < -0.39 is 0 Å². The summed E-state index contributed by atoms with van der Waals surface area (Å²) in [4.78, 5) is 5.17. The Labute approximate surface area is 319 Å². The minimum atomic E-state index is 0.930. The van der Waals surface area contributed by atoms with Crippen molar-refractivity contribution in [2.45, 2.75) is 6.92 Å². The predicted octanol–water partition coefficient (Wildman–Crippen LogP) is -0.243. The van der Waals surface area contributed by atoms with Gasteiger partial charge in [-0.25, -0.2) is 0 Å². The van der Waals surface area contributed by atoms with E-state index in [1.165, 1.54) is 87.3 Å². The topological polar surface area (TPSA) is 17.8 Å². The van der Waals surface area contributed by atoms with Gasteiger partial charge in [0, 0.05) is 0 Å². The standard InChI is InChI=1S/C43H38B8N2/c1-22(44)36(45)40(49)35-31(24-18-20-25(21-19-24)43-52-29-16-7-8-17-30(29)53(43)26-12-3-2-4-13-26)33-34(39(48)42(51)41(50)38(33)47)32(37(35)46)28-15-9-11-23-10-5-6-14-27(23)28/h2-21,46H,44-45,47-51H2,1H3/b36-22-,40-35+. The molecule has 0 bridgehead atoms. The van der Waals surface area contributed by atoms with Crippen molar-refractivity contribution < 1.29 is 0 Å². The van der Waals surface area contributed by atoms with Crippen LogP contribution in [0.25, 0.3) is 77.4 Å². The SMILES string of the molecule is B=c1c(-c2cccc3ccccc23)c2c(B)c(B)c(B)c(B)c2c(-c2ccc(-c3nc4ccccc4n3-c3ccccc3)cc2)/c1=C(B)/C(B)=C(/B)C. The second-order valence-electron chi connectivity index (χ2n) is 14.8. The summed E-state index contributed by atoms with van der Waals surface area (Å²) in [6.07, 6.45) is 0. The normalized spacial score (nSPS) is 12.7. The van der Waals surface area contributed by atoms with Crippen LogP contribution in [0.4, 0.5) is 0 Å². The summed E-state index contributed by atoms with van der Waals surface area (Å²) in [6, 6.07) is 43.5. The molecule has 0 N–H and O–H groups in total. The molecule has 1 heterocycles. The van der Waals surface area contributed by atoms with Gasteiger partial charge in [0.25, 0.3) is 0 Å². The summed E-state index contributed by atoms with van der Waals surface area (Å²) in [7, 11) is 20.9. The average Bonchev–Trinajstić information content (AvgIpc) is 3.58. The molecule has 0 saturated carbocycles. The van der Waals surface area contributed by atoms with Crippen LogP contribution in [-0.4, -0.2) is 72.0 Å². The van der Waals surface area contributed by atoms with Crippen LogP contribution < -0.4 is 27.1 Å². The minimum absolute atomic E-state index is 0.930. The zero-order valence-electron chi connectivity index (χ0n) is 32.1. The number of hydrogen-bond donors (Lipinski definition) is 0. The van der Waals surface area contributed by atoms with E-state index >= 15 is 0 Å². The quantitative estimate of drug-likeness (QED) is 0.232. The number of imidazole rings is 1. The first-order valence-corrected chi connectivity index (χ1v) is 18.6. The Hall–Kier alpha value is -5.34. The van der Waals surface area contributed by atoms with Gasteiger partial charge in [0.05, 0.1) is 0 Å². The molecule has 8 rings (SSSR count). The Bertz CT molecular complexity index is 2920. The third-order valence-electron chi connectivity index (χ3n) is 11.8. The Morgan fingerprint density at radius 1 is 0.604 bits per heavy atom. The molecule has 0 unspecified atom stereocenters. The Morgan fingerprint density at radius 3 is 1.89 bits per heavy atom. The van der Waals surface area contributed by atoms with Crippen molar-refractivity contribution in [3.63, 3.8) is 0 Å². The number of hydrogen-bond acceptors (Lipinski definition) is 1. The Morgan fingerprint density at radius 2 is 1.19 bits per heavy atom. The maximum absolute atomic E-state index is 5.17. The predicted molar refractivity (Wildman–Crippen MR) is 252 cm³/mol. The summed E-state index contributed by atoms with van der Waals surface area (Å²) in [5, 5.41) is 7.37. The molecule has 2 nitrogen and oxygen atoms in total. The fraction of sp³-hybridized carbons (Fsp3) is 0.0233. The van der Waals surface area contributed by atoms with E-state index in [2.05, 4.69) is 188 Å². The fourth-order valence-electron chi connectivity index (χ4n) is 8.34. The zero-order valence-corrected chi connectivity index (χ0v) is 32.1. The van der Waals surface area contributed by atoms with E-state index in [4.69, 9.17) is 12.5 Å². The molecule has 0 aliphatic carbocycles. The van der Waals surface area contributed by atoms with Gasteiger partial charge in [-0.2, -0.15) is 0 Å². The molecule has 1 aromatic heterocycles. The van der Waals surface area contributed by atoms with Crippen LogP contribution in [0.2, 0.25) is 0 Å². The van der Waals surface area contributed by atoms with Gasteiger partial charge in [-0.05, 0) is 0 Å². The molecule has 0 amide bonds. The summed E-state index contributed by atoms with van der Waals surface area (Å²) in [6.45, 7) is 2.21. The van der Waals surface area contributed by atoms with Gasteiger partial charge in [0.1, 0.15) is 0 Å². The van der Waals surface area contributed by atoms with Gasteiger partial charge in [0.2, 0.25) is 0 Å². The molecule has 10 heteroatoms. The van der Waals surface area contributed by atoms with Crippen LogP contribution in [-0.2, 0) is 0 Å². The number of benzene rings is 7. The van der Waals surface area contributed by atoms with Gasteiger partial charge in [-0.3, -0.25) is 0 Å². The first-order valence-electron chi connectivity index (χ1n) is 18.6. The number of allylic oxidation sites excluding steroid dienone is 2. The van der Waals surface area contributed by atoms with Crippen molar-refractivity contribution in [2.24, 2.45) is 0 Å². The molecular weight excluding hydrogens is 631 g/mol. The molecule has 53 heavy (non-hydrogen) atoms. The zero-order chi connectivity index (χ0) is 37.1. The van der Waals surface area contributed by atoms with Crippen LogP contribution in [0.3, 0.4) is 0 Å². The number of rotatable bonds is 5. The van der Waals surface area contributed by atoms with Crippen molar-refractivity contribution in [3.8, 4) is 39.3 Å². The molecule has 0 fully saturated rings. The van der Waals surface area contributed by atoms with Gasteiger partial charge in [0.15, 0.2) is 0 Å². The molecule has 0 radical (unpaired) electrons. The fourth-order valence-corrected chi connectivity index (χ4v) is 8.34. The second-order valence-corrected chi connectivity index (χ2v) is 14.8. The van der Waals surface area contributed by atoms with Crippen molar-refractivity contribution in [3.05, 3.63) is 143 Å². The molecule has 7 aromatic carbocycles. The number of para-hydroxylation sites is 3. The monoisotopic (exact) mass is 670 g/mol. The molecule has 0 spiro atoms. The van der Waals surface area contributed by atoms with Crippen LogP contribution in [0, 0.1) is 5.11 Å². The second kappa shape index (κ2) is 13.6. The number of nitrogens with zero attached hydrogens (tertiary/aromatic N) is 2. The third-order valence-corrected chi connectivity index (χ3v) is 11.8. The van der Waals surface area contributed by atoms with Gasteiger partial charge in [-0.15, -0.1) is 0 Å². The van der Waals surface area contributed by atoms with E-state index in [9.17, 15) is 0 Å². The van der Waals surface area contributed by atoms with E-state index in [1.807, 2.05) is 0 Å². The average molecular weight is 669 g/mol. The summed E-state index contributed by atoms with van der Waals surface area (Å²) in [5.41, 5.74) is 18.3. The van der Waals surface area contributed by atoms with Gasteiger partial charge in [-0.1, -0.05) is 6.07 Å². The van der Waals surface area contributed by atoms with Crippen molar-refractivity contribution in [1.29, 1.82) is 0 Å². The molecule has 0 aliphatic rings. The third kappa shape index (κ3) is 5.62. The molecule has 0 saturated heterocycles. The number of aromatic nitrogens is 2. The van der Waals surface area contributed by atoms with Crippen LogP contribution in [0.5, 0.6) is 0 Å². The van der Waals surface area contributed by atoms with Crippen LogP contribution in [0.15, 0.2) is 132 Å². The molecule has 244 valence electrons. The van der Waals surface area contributed by atoms with E-state index in [0.717, 1.165) is 33.2 Å². The molecular formula is C43H38B8N2. The van der Waals surface area contributed by atoms with Crippen LogP contribution in [0.1, 0.15) is 6.92 Å². The molecule has 0 aliphatic heterocycles. The first-order chi connectivity index (χ1) is 25.6. The first kappa shape index (κ1) is 34.7. The van der Waals surface area contributed by atoms with E-state index in [-0.39, 0.29) is 0 Å². The maximum atomic E-state index is 5.17. The Balaban J connectivity index is 1.50. The van der Waals surface area contributed by atoms with Gasteiger partial charge < -0.3 is 0 Å². The summed E-state index contributed by atoms with van der Waals surface area (Å²) in [5.74, 6) is 0.930.